The van der Waals surface area contributed by atoms with E-state index < -0.39 is 0 Å². The van der Waals surface area contributed by atoms with Crippen LogP contribution in [0.2, 0.25) is 5.02 Å². The van der Waals surface area contributed by atoms with Crippen LogP contribution in [0.25, 0.3) is 0 Å². The predicted octanol–water partition coefficient (Wildman–Crippen LogP) is 0.816. The highest BCUT2D eigenvalue weighted by atomic mass is 35.5. The Morgan fingerprint density at radius 3 is 3.07 bits per heavy atom. The fourth-order valence-electron chi connectivity index (χ4n) is 1.04. The topological polar surface area (TPSA) is 92.3 Å². The lowest BCUT2D eigenvalue weighted by Gasteiger charge is -2.10. The van der Waals surface area contributed by atoms with E-state index in [1.807, 2.05) is 6.92 Å². The van der Waals surface area contributed by atoms with Crippen LogP contribution in [0.1, 0.15) is 18.8 Å². The van der Waals surface area contributed by atoms with Gasteiger partial charge in [0.15, 0.2) is 5.82 Å². The van der Waals surface area contributed by atoms with Gasteiger partial charge in [0, 0.05) is 0 Å². The number of hydrogen-bond acceptors (Lipinski definition) is 6. The van der Waals surface area contributed by atoms with Crippen molar-refractivity contribution in [1.82, 2.24) is 30.6 Å². The van der Waals surface area contributed by atoms with Gasteiger partial charge < -0.3 is 5.32 Å². The van der Waals surface area contributed by atoms with Gasteiger partial charge in [-0.25, -0.2) is 9.97 Å². The van der Waals surface area contributed by atoms with E-state index >= 15 is 0 Å². The molecule has 15 heavy (non-hydrogen) atoms. The van der Waals surface area contributed by atoms with Gasteiger partial charge in [-0.05, 0) is 6.92 Å². The Bertz CT molecular complexity index is 429. The van der Waals surface area contributed by atoms with Gasteiger partial charge in [-0.2, -0.15) is 5.21 Å². The van der Waals surface area contributed by atoms with Crippen LogP contribution in [0.4, 0.5) is 5.82 Å². The van der Waals surface area contributed by atoms with Crippen molar-refractivity contribution in [2.75, 3.05) is 5.32 Å². The summed E-state index contributed by atoms with van der Waals surface area (Å²) in [5.74, 6) is 1.09. The van der Waals surface area contributed by atoms with Crippen molar-refractivity contribution in [3.63, 3.8) is 0 Å². The smallest absolute Gasteiger partial charge is 0.196 e. The minimum atomic E-state index is -0.129. The number of nitrogens with zero attached hydrogens (tertiary/aromatic N) is 5. The summed E-state index contributed by atoms with van der Waals surface area (Å²) >= 11 is 5.88. The molecular formula is C7H8ClN7. The van der Waals surface area contributed by atoms with Crippen molar-refractivity contribution < 1.29 is 0 Å². The number of tetrazole rings is 1. The Morgan fingerprint density at radius 2 is 2.40 bits per heavy atom. The molecule has 7 nitrogen and oxygen atoms in total. The Kier molecular flexibility index (Phi) is 2.72. The molecule has 0 fully saturated rings. The van der Waals surface area contributed by atoms with E-state index in [1.54, 1.807) is 0 Å². The summed E-state index contributed by atoms with van der Waals surface area (Å²) in [5, 5.41) is 17.0. The number of aromatic nitrogens is 6. The largest absolute Gasteiger partial charge is 0.359 e. The maximum Gasteiger partial charge on any atom is 0.196 e. The van der Waals surface area contributed by atoms with Gasteiger partial charge in [-0.15, -0.1) is 10.2 Å². The first-order chi connectivity index (χ1) is 7.27. The van der Waals surface area contributed by atoms with Crippen LogP contribution in [0, 0.1) is 0 Å². The molecule has 0 bridgehead atoms. The predicted molar refractivity (Wildman–Crippen MR) is 53.3 cm³/mol. The van der Waals surface area contributed by atoms with Crippen molar-refractivity contribution in [3.05, 3.63) is 23.4 Å². The summed E-state index contributed by atoms with van der Waals surface area (Å²) in [6.07, 6.45) is 2.93. The molecule has 0 aliphatic carbocycles. The van der Waals surface area contributed by atoms with Crippen LogP contribution in [0.5, 0.6) is 0 Å². The second-order valence-corrected chi connectivity index (χ2v) is 3.26. The molecule has 0 aliphatic rings. The highest BCUT2D eigenvalue weighted by Gasteiger charge is 2.11. The highest BCUT2D eigenvalue weighted by Crippen LogP contribution is 2.20. The second kappa shape index (κ2) is 4.18. The van der Waals surface area contributed by atoms with Crippen LogP contribution >= 0.6 is 11.6 Å². The van der Waals surface area contributed by atoms with E-state index in [0.717, 1.165) is 0 Å². The van der Waals surface area contributed by atoms with Gasteiger partial charge in [-0.1, -0.05) is 16.8 Å². The minimum Gasteiger partial charge on any atom is -0.359 e. The van der Waals surface area contributed by atoms with E-state index in [0.29, 0.717) is 16.7 Å². The summed E-state index contributed by atoms with van der Waals surface area (Å²) in [5.41, 5.74) is 0. The third kappa shape index (κ3) is 2.18. The number of aromatic amines is 1. The van der Waals surface area contributed by atoms with E-state index in [2.05, 4.69) is 35.9 Å². The summed E-state index contributed by atoms with van der Waals surface area (Å²) in [6.45, 7) is 1.88. The van der Waals surface area contributed by atoms with Crippen LogP contribution < -0.4 is 5.32 Å². The fraction of sp³-hybridized carbons (Fsp3) is 0.286. The number of H-pyrrole nitrogens is 1. The molecule has 2 rings (SSSR count). The number of hydrogen-bond donors (Lipinski definition) is 2. The van der Waals surface area contributed by atoms with E-state index in [-0.39, 0.29) is 6.04 Å². The number of halogens is 1. The van der Waals surface area contributed by atoms with E-state index in [9.17, 15) is 0 Å². The Morgan fingerprint density at radius 1 is 1.53 bits per heavy atom. The number of anilines is 1. The average molecular weight is 226 g/mol. The summed E-state index contributed by atoms with van der Waals surface area (Å²) < 4.78 is 0. The van der Waals surface area contributed by atoms with Crippen molar-refractivity contribution in [1.29, 1.82) is 0 Å². The van der Waals surface area contributed by atoms with Gasteiger partial charge in [0.2, 0.25) is 0 Å². The number of nitrogens with one attached hydrogen (secondary N) is 2. The lowest BCUT2D eigenvalue weighted by atomic mass is 10.3. The maximum atomic E-state index is 5.88. The second-order valence-electron chi connectivity index (χ2n) is 2.86. The molecule has 0 spiro atoms. The minimum absolute atomic E-state index is 0.129. The molecule has 78 valence electrons. The first-order valence-corrected chi connectivity index (χ1v) is 4.60. The summed E-state index contributed by atoms with van der Waals surface area (Å²) in [6, 6.07) is -0.129. The summed E-state index contributed by atoms with van der Waals surface area (Å²) in [7, 11) is 0. The molecule has 0 amide bonds. The SMILES string of the molecule is CC(Nc1ncncc1Cl)c1nn[nH]n1. The molecule has 0 saturated heterocycles. The van der Waals surface area contributed by atoms with Crippen molar-refractivity contribution >= 4 is 17.4 Å². The zero-order valence-corrected chi connectivity index (χ0v) is 8.60. The number of rotatable bonds is 3. The summed E-state index contributed by atoms with van der Waals surface area (Å²) in [4.78, 5) is 7.77. The zero-order chi connectivity index (χ0) is 10.7. The van der Waals surface area contributed by atoms with E-state index in [4.69, 9.17) is 11.6 Å². The molecule has 2 aromatic heterocycles. The van der Waals surface area contributed by atoms with Gasteiger partial charge in [-0.3, -0.25) is 0 Å². The van der Waals surface area contributed by atoms with Crippen LogP contribution in [-0.2, 0) is 0 Å². The fourth-order valence-corrected chi connectivity index (χ4v) is 1.20. The highest BCUT2D eigenvalue weighted by molar-refractivity contribution is 6.32. The third-order valence-corrected chi connectivity index (χ3v) is 2.05. The van der Waals surface area contributed by atoms with Crippen LogP contribution in [0.3, 0.4) is 0 Å². The lowest BCUT2D eigenvalue weighted by molar-refractivity contribution is 0.787. The Labute approximate surface area is 90.3 Å². The average Bonchev–Trinajstić information content (AvgIpc) is 2.74. The molecule has 2 heterocycles. The molecule has 2 aromatic rings. The van der Waals surface area contributed by atoms with Crippen LogP contribution in [0.15, 0.2) is 12.5 Å². The molecule has 0 aromatic carbocycles. The molecule has 1 atom stereocenters. The molecule has 0 saturated carbocycles. The third-order valence-electron chi connectivity index (χ3n) is 1.77. The molecule has 0 radical (unpaired) electrons. The molecular weight excluding hydrogens is 218 g/mol. The van der Waals surface area contributed by atoms with Gasteiger partial charge >= 0.3 is 0 Å². The first-order valence-electron chi connectivity index (χ1n) is 4.22. The van der Waals surface area contributed by atoms with Gasteiger partial charge in [0.05, 0.1) is 12.2 Å². The van der Waals surface area contributed by atoms with Gasteiger partial charge in [0.25, 0.3) is 0 Å². The molecule has 8 heteroatoms. The normalized spacial score (nSPS) is 12.4. The molecule has 1 unspecified atom stereocenters. The van der Waals surface area contributed by atoms with Crippen molar-refractivity contribution in [2.45, 2.75) is 13.0 Å². The molecule has 0 aliphatic heterocycles. The Hall–Kier alpha value is -1.76. The zero-order valence-electron chi connectivity index (χ0n) is 7.85. The standard InChI is InChI=1S/C7H8ClN7/c1-4(6-12-14-15-13-6)11-7-5(8)2-9-3-10-7/h2-4H,1H3,(H,9,10,11)(H,12,13,14,15). The van der Waals surface area contributed by atoms with Gasteiger partial charge in [0.1, 0.15) is 17.2 Å². The van der Waals surface area contributed by atoms with Crippen LogP contribution in [-0.4, -0.2) is 30.6 Å². The quantitative estimate of drug-likeness (QED) is 0.803. The van der Waals surface area contributed by atoms with Crippen molar-refractivity contribution in [3.8, 4) is 0 Å². The first kappa shape index (κ1) is 9.78. The molecule has 2 N–H and O–H groups in total. The van der Waals surface area contributed by atoms with Crippen molar-refractivity contribution in [2.24, 2.45) is 0 Å². The lowest BCUT2D eigenvalue weighted by Crippen LogP contribution is -2.10. The van der Waals surface area contributed by atoms with E-state index in [1.165, 1.54) is 12.5 Å². The monoisotopic (exact) mass is 225 g/mol. The Balaban J connectivity index is 2.13. The maximum absolute atomic E-state index is 5.88.